The Morgan fingerprint density at radius 2 is 2.12 bits per heavy atom. The minimum absolute atomic E-state index is 0.0671. The van der Waals surface area contributed by atoms with Crippen LogP contribution in [0.2, 0.25) is 0 Å². The number of rotatable bonds is 5. The molecule has 5 nitrogen and oxygen atoms in total. The summed E-state index contributed by atoms with van der Waals surface area (Å²) in [5, 5.41) is 0. The molecule has 6 heteroatoms. The molecule has 1 amide bonds. The summed E-state index contributed by atoms with van der Waals surface area (Å²) in [4.78, 5) is 28.9. The van der Waals surface area contributed by atoms with E-state index >= 15 is 0 Å². The van der Waals surface area contributed by atoms with Crippen molar-refractivity contribution < 1.29 is 14.3 Å². The first kappa shape index (κ1) is 16.9. The van der Waals surface area contributed by atoms with Crippen molar-refractivity contribution in [3.05, 3.63) is 28.6 Å². The second kappa shape index (κ2) is 6.89. The van der Waals surface area contributed by atoms with Gasteiger partial charge in [-0.15, -0.1) is 0 Å². The van der Waals surface area contributed by atoms with Crippen molar-refractivity contribution in [1.29, 1.82) is 0 Å². The Balaban J connectivity index is 2.08. The van der Waals surface area contributed by atoms with Crippen molar-refractivity contribution in [2.45, 2.75) is 46.1 Å². The SMILES string of the molecule is CCOC(=O)Cn1c(=NC(=O)C2CC2)sc2cc(C(C)C)ccc21. The van der Waals surface area contributed by atoms with Gasteiger partial charge in [0.05, 0.1) is 16.8 Å². The second-order valence-electron chi connectivity index (χ2n) is 6.38. The first-order valence-electron chi connectivity index (χ1n) is 8.37. The number of amides is 1. The number of aromatic nitrogens is 1. The summed E-state index contributed by atoms with van der Waals surface area (Å²) in [5.74, 6) is 0.0923. The van der Waals surface area contributed by atoms with Crippen LogP contribution in [0.5, 0.6) is 0 Å². The first-order chi connectivity index (χ1) is 11.5. The van der Waals surface area contributed by atoms with Crippen molar-refractivity contribution in [3.63, 3.8) is 0 Å². The molecule has 0 aliphatic heterocycles. The lowest BCUT2D eigenvalue weighted by Gasteiger charge is -2.07. The molecule has 0 radical (unpaired) electrons. The fourth-order valence-corrected chi connectivity index (χ4v) is 3.62. The van der Waals surface area contributed by atoms with Gasteiger partial charge in [-0.2, -0.15) is 4.99 Å². The van der Waals surface area contributed by atoms with E-state index in [0.29, 0.717) is 17.3 Å². The van der Waals surface area contributed by atoms with Gasteiger partial charge in [-0.3, -0.25) is 9.59 Å². The maximum Gasteiger partial charge on any atom is 0.326 e. The van der Waals surface area contributed by atoms with E-state index in [1.165, 1.54) is 16.9 Å². The molecule has 24 heavy (non-hydrogen) atoms. The number of carbonyl (C=O) groups excluding carboxylic acids is 2. The Hall–Kier alpha value is -1.95. The lowest BCUT2D eigenvalue weighted by molar-refractivity contribution is -0.143. The Bertz CT molecular complexity index is 844. The molecule has 0 spiro atoms. The Kier molecular flexibility index (Phi) is 4.85. The molecule has 0 atom stereocenters. The fourth-order valence-electron chi connectivity index (χ4n) is 2.54. The van der Waals surface area contributed by atoms with Gasteiger partial charge in [-0.05, 0) is 43.4 Å². The average molecular weight is 346 g/mol. The quantitative estimate of drug-likeness (QED) is 0.781. The molecule has 1 heterocycles. The highest BCUT2D eigenvalue weighted by Crippen LogP contribution is 2.30. The number of benzene rings is 1. The van der Waals surface area contributed by atoms with Crippen molar-refractivity contribution in [2.75, 3.05) is 6.61 Å². The summed E-state index contributed by atoms with van der Waals surface area (Å²) in [6.45, 7) is 6.48. The van der Waals surface area contributed by atoms with Gasteiger partial charge in [0, 0.05) is 5.92 Å². The Labute approximate surface area is 145 Å². The van der Waals surface area contributed by atoms with E-state index in [1.54, 1.807) is 11.5 Å². The smallest absolute Gasteiger partial charge is 0.326 e. The van der Waals surface area contributed by atoms with Gasteiger partial charge >= 0.3 is 5.97 Å². The molecule has 1 aromatic carbocycles. The van der Waals surface area contributed by atoms with E-state index in [9.17, 15) is 9.59 Å². The van der Waals surface area contributed by atoms with Gasteiger partial charge in [0.1, 0.15) is 6.54 Å². The van der Waals surface area contributed by atoms with E-state index in [4.69, 9.17) is 4.74 Å². The molecule has 1 aromatic heterocycles. The predicted octanol–water partition coefficient (Wildman–Crippen LogP) is 3.23. The highest BCUT2D eigenvalue weighted by atomic mass is 32.1. The number of fused-ring (bicyclic) bond motifs is 1. The molecule has 128 valence electrons. The molecule has 1 aliphatic carbocycles. The molecule has 3 rings (SSSR count). The molecule has 0 saturated heterocycles. The monoisotopic (exact) mass is 346 g/mol. The number of ether oxygens (including phenoxy) is 1. The highest BCUT2D eigenvalue weighted by Gasteiger charge is 2.29. The van der Waals surface area contributed by atoms with E-state index in [-0.39, 0.29) is 24.3 Å². The van der Waals surface area contributed by atoms with Crippen LogP contribution in [-0.2, 0) is 20.9 Å². The molecular formula is C18H22N2O3S. The molecule has 1 aliphatic rings. The number of thiazole rings is 1. The molecule has 1 fully saturated rings. The second-order valence-corrected chi connectivity index (χ2v) is 7.39. The van der Waals surface area contributed by atoms with E-state index < -0.39 is 0 Å². The van der Waals surface area contributed by atoms with E-state index in [0.717, 1.165) is 23.1 Å². The Morgan fingerprint density at radius 1 is 1.38 bits per heavy atom. The number of carbonyl (C=O) groups is 2. The molecular weight excluding hydrogens is 324 g/mol. The van der Waals surface area contributed by atoms with Crippen LogP contribution in [0.25, 0.3) is 10.2 Å². The van der Waals surface area contributed by atoms with Crippen LogP contribution in [0, 0.1) is 5.92 Å². The summed E-state index contributed by atoms with van der Waals surface area (Å²) in [6, 6.07) is 6.18. The standard InChI is InChI=1S/C18H22N2O3S/c1-4-23-16(21)10-20-14-8-7-13(11(2)3)9-15(14)24-18(20)19-17(22)12-5-6-12/h7-9,11-12H,4-6,10H2,1-3H3. The minimum Gasteiger partial charge on any atom is -0.465 e. The van der Waals surface area contributed by atoms with E-state index in [1.807, 2.05) is 6.07 Å². The zero-order chi connectivity index (χ0) is 17.3. The lowest BCUT2D eigenvalue weighted by atomic mass is 10.0. The van der Waals surface area contributed by atoms with Crippen molar-refractivity contribution in [2.24, 2.45) is 10.9 Å². The van der Waals surface area contributed by atoms with Crippen LogP contribution in [0.4, 0.5) is 0 Å². The normalized spacial score (nSPS) is 15.2. The van der Waals surface area contributed by atoms with Crippen LogP contribution >= 0.6 is 11.3 Å². The molecule has 1 saturated carbocycles. The molecule has 0 N–H and O–H groups in total. The van der Waals surface area contributed by atoms with Crippen LogP contribution in [-0.4, -0.2) is 23.1 Å². The fraction of sp³-hybridized carbons (Fsp3) is 0.500. The molecule has 0 unspecified atom stereocenters. The third kappa shape index (κ3) is 3.59. The molecule has 2 aromatic rings. The number of nitrogens with zero attached hydrogens (tertiary/aromatic N) is 2. The van der Waals surface area contributed by atoms with Gasteiger partial charge in [0.15, 0.2) is 4.80 Å². The van der Waals surface area contributed by atoms with Crippen LogP contribution in [0.1, 0.15) is 45.1 Å². The lowest BCUT2D eigenvalue weighted by Crippen LogP contribution is -2.23. The maximum absolute atomic E-state index is 12.1. The first-order valence-corrected chi connectivity index (χ1v) is 9.18. The van der Waals surface area contributed by atoms with Crippen LogP contribution in [0.3, 0.4) is 0 Å². The summed E-state index contributed by atoms with van der Waals surface area (Å²) >= 11 is 1.46. The van der Waals surface area contributed by atoms with Gasteiger partial charge in [-0.1, -0.05) is 31.3 Å². The van der Waals surface area contributed by atoms with Gasteiger partial charge < -0.3 is 9.30 Å². The number of esters is 1. The van der Waals surface area contributed by atoms with Crippen molar-refractivity contribution >= 4 is 33.4 Å². The summed E-state index contributed by atoms with van der Waals surface area (Å²) < 4.78 is 7.89. The van der Waals surface area contributed by atoms with Gasteiger partial charge in [-0.25, -0.2) is 0 Å². The average Bonchev–Trinajstić information content (AvgIpc) is 3.33. The zero-order valence-corrected chi connectivity index (χ0v) is 15.1. The number of hydrogen-bond acceptors (Lipinski definition) is 4. The largest absolute Gasteiger partial charge is 0.465 e. The predicted molar refractivity (Wildman–Crippen MR) is 93.8 cm³/mol. The topological polar surface area (TPSA) is 60.7 Å². The van der Waals surface area contributed by atoms with Gasteiger partial charge in [0.2, 0.25) is 0 Å². The summed E-state index contributed by atoms with van der Waals surface area (Å²) in [6.07, 6.45) is 1.84. The van der Waals surface area contributed by atoms with Crippen LogP contribution in [0.15, 0.2) is 23.2 Å². The van der Waals surface area contributed by atoms with E-state index in [2.05, 4.69) is 31.0 Å². The minimum atomic E-state index is -0.314. The zero-order valence-electron chi connectivity index (χ0n) is 14.2. The van der Waals surface area contributed by atoms with Gasteiger partial charge in [0.25, 0.3) is 5.91 Å². The third-order valence-corrected chi connectivity index (χ3v) is 5.14. The Morgan fingerprint density at radius 3 is 2.75 bits per heavy atom. The van der Waals surface area contributed by atoms with Crippen molar-refractivity contribution in [3.8, 4) is 0 Å². The van der Waals surface area contributed by atoms with Crippen molar-refractivity contribution in [1.82, 2.24) is 4.57 Å². The number of hydrogen-bond donors (Lipinski definition) is 0. The maximum atomic E-state index is 12.1. The van der Waals surface area contributed by atoms with Crippen LogP contribution < -0.4 is 4.80 Å². The summed E-state index contributed by atoms with van der Waals surface area (Å²) in [5.41, 5.74) is 2.15. The third-order valence-electron chi connectivity index (χ3n) is 4.10. The summed E-state index contributed by atoms with van der Waals surface area (Å²) in [7, 11) is 0. The highest BCUT2D eigenvalue weighted by molar-refractivity contribution is 7.16. The molecule has 0 bridgehead atoms.